The molecule has 0 saturated heterocycles. The minimum absolute atomic E-state index is 1.03. The maximum atomic E-state index is 4.25. The van der Waals surface area contributed by atoms with E-state index in [9.17, 15) is 0 Å². The number of hydrogen-bond acceptors (Lipinski definition) is 1. The van der Waals surface area contributed by atoms with Crippen molar-refractivity contribution in [2.24, 2.45) is 0 Å². The van der Waals surface area contributed by atoms with Crippen molar-refractivity contribution < 1.29 is 0 Å². The molecule has 0 unspecified atom stereocenters. The number of hydrogen-bond donors (Lipinski definition) is 0. The lowest BCUT2D eigenvalue weighted by molar-refractivity contribution is 1.37. The third kappa shape index (κ3) is 2.21. The van der Waals surface area contributed by atoms with Crippen LogP contribution in [0, 0.1) is 11.8 Å². The Balaban J connectivity index is 1.93. The monoisotopic (exact) mass is 279 g/mol. The lowest BCUT2D eigenvalue weighted by atomic mass is 10.00. The zero-order chi connectivity index (χ0) is 14.8. The van der Waals surface area contributed by atoms with Crippen LogP contribution in [0.2, 0.25) is 0 Å². The summed E-state index contributed by atoms with van der Waals surface area (Å²) in [7, 11) is 0. The summed E-state index contributed by atoms with van der Waals surface area (Å²) in [5, 5.41) is 4.75. The molecule has 22 heavy (non-hydrogen) atoms. The highest BCUT2D eigenvalue weighted by Gasteiger charge is 2.03. The Bertz CT molecular complexity index is 1020. The highest BCUT2D eigenvalue weighted by molar-refractivity contribution is 6.08. The summed E-state index contributed by atoms with van der Waals surface area (Å²) in [6, 6.07) is 22.6. The van der Waals surface area contributed by atoms with Gasteiger partial charge in [-0.2, -0.15) is 0 Å². The van der Waals surface area contributed by atoms with Gasteiger partial charge in [-0.1, -0.05) is 54.3 Å². The minimum atomic E-state index is 1.03. The SMILES string of the molecule is C(#Cc1cccc2c1ccc1ccncc12)c1ccccc1. The van der Waals surface area contributed by atoms with Crippen LogP contribution < -0.4 is 0 Å². The first kappa shape index (κ1) is 12.6. The van der Waals surface area contributed by atoms with Crippen molar-refractivity contribution in [1.29, 1.82) is 0 Å². The van der Waals surface area contributed by atoms with Crippen LogP contribution in [0.5, 0.6) is 0 Å². The number of aromatic nitrogens is 1. The molecule has 1 nitrogen and oxygen atoms in total. The van der Waals surface area contributed by atoms with Gasteiger partial charge in [-0.3, -0.25) is 4.98 Å². The van der Waals surface area contributed by atoms with Gasteiger partial charge in [-0.05, 0) is 40.4 Å². The second kappa shape index (κ2) is 5.35. The standard InChI is InChI=1S/C21H13N/c1-2-5-16(6-3-1)9-10-17-7-4-8-20-19(17)12-11-18-13-14-22-15-21(18)20/h1-8,11-15H. The van der Waals surface area contributed by atoms with Gasteiger partial charge in [0.2, 0.25) is 0 Å². The van der Waals surface area contributed by atoms with Crippen molar-refractivity contribution in [3.05, 3.63) is 90.3 Å². The van der Waals surface area contributed by atoms with Crippen molar-refractivity contribution in [1.82, 2.24) is 4.98 Å². The van der Waals surface area contributed by atoms with Crippen LogP contribution >= 0.6 is 0 Å². The number of benzene rings is 3. The van der Waals surface area contributed by atoms with Crippen LogP contribution in [0.4, 0.5) is 0 Å². The van der Waals surface area contributed by atoms with Crippen LogP contribution in [0.25, 0.3) is 21.5 Å². The van der Waals surface area contributed by atoms with Gasteiger partial charge in [-0.15, -0.1) is 0 Å². The van der Waals surface area contributed by atoms with Gasteiger partial charge < -0.3 is 0 Å². The number of nitrogens with zero attached hydrogens (tertiary/aromatic N) is 1. The van der Waals surface area contributed by atoms with E-state index in [-0.39, 0.29) is 0 Å². The van der Waals surface area contributed by atoms with E-state index < -0.39 is 0 Å². The van der Waals surface area contributed by atoms with E-state index >= 15 is 0 Å². The second-order valence-electron chi connectivity index (χ2n) is 5.18. The summed E-state index contributed by atoms with van der Waals surface area (Å²) in [5.41, 5.74) is 2.08. The molecule has 0 N–H and O–H groups in total. The summed E-state index contributed by atoms with van der Waals surface area (Å²) >= 11 is 0. The molecular weight excluding hydrogens is 266 g/mol. The fourth-order valence-electron chi connectivity index (χ4n) is 2.70. The molecule has 3 aromatic carbocycles. The molecule has 0 saturated carbocycles. The topological polar surface area (TPSA) is 12.9 Å². The van der Waals surface area contributed by atoms with Crippen LogP contribution in [-0.4, -0.2) is 4.98 Å². The van der Waals surface area contributed by atoms with Crippen molar-refractivity contribution in [2.75, 3.05) is 0 Å². The second-order valence-corrected chi connectivity index (χ2v) is 5.18. The Kier molecular flexibility index (Phi) is 3.07. The highest BCUT2D eigenvalue weighted by Crippen LogP contribution is 2.26. The van der Waals surface area contributed by atoms with E-state index in [0.29, 0.717) is 0 Å². The molecule has 0 radical (unpaired) electrons. The first-order valence-electron chi connectivity index (χ1n) is 7.24. The Morgan fingerprint density at radius 3 is 2.45 bits per heavy atom. The third-order valence-electron chi connectivity index (χ3n) is 3.80. The summed E-state index contributed by atoms with van der Waals surface area (Å²) in [5.74, 6) is 6.53. The third-order valence-corrected chi connectivity index (χ3v) is 3.80. The maximum Gasteiger partial charge on any atom is 0.0352 e. The normalized spacial score (nSPS) is 10.4. The van der Waals surface area contributed by atoms with Gasteiger partial charge in [0.15, 0.2) is 0 Å². The van der Waals surface area contributed by atoms with Crippen LogP contribution in [0.3, 0.4) is 0 Å². The lowest BCUT2D eigenvalue weighted by Gasteiger charge is -2.05. The van der Waals surface area contributed by atoms with Crippen molar-refractivity contribution in [2.45, 2.75) is 0 Å². The van der Waals surface area contributed by atoms with E-state index in [2.05, 4.69) is 47.2 Å². The highest BCUT2D eigenvalue weighted by atomic mass is 14.6. The molecule has 0 aliphatic carbocycles. The number of fused-ring (bicyclic) bond motifs is 3. The van der Waals surface area contributed by atoms with Crippen molar-refractivity contribution in [3.63, 3.8) is 0 Å². The number of rotatable bonds is 0. The predicted molar refractivity (Wildman–Crippen MR) is 91.7 cm³/mol. The average Bonchev–Trinajstić information content (AvgIpc) is 2.60. The molecule has 0 fully saturated rings. The van der Waals surface area contributed by atoms with Gasteiger partial charge in [0, 0.05) is 28.9 Å². The first-order valence-corrected chi connectivity index (χ1v) is 7.24. The largest absolute Gasteiger partial charge is 0.264 e. The molecule has 102 valence electrons. The summed E-state index contributed by atoms with van der Waals surface area (Å²) < 4.78 is 0. The zero-order valence-electron chi connectivity index (χ0n) is 12.0. The average molecular weight is 279 g/mol. The van der Waals surface area contributed by atoms with Gasteiger partial charge in [-0.25, -0.2) is 0 Å². The lowest BCUT2D eigenvalue weighted by Crippen LogP contribution is -1.83. The fraction of sp³-hybridized carbons (Fsp3) is 0. The van der Waals surface area contributed by atoms with Gasteiger partial charge in [0.05, 0.1) is 0 Å². The van der Waals surface area contributed by atoms with E-state index in [1.165, 1.54) is 21.5 Å². The Hall–Kier alpha value is -3.11. The molecule has 0 atom stereocenters. The molecule has 0 spiro atoms. The summed E-state index contributed by atoms with van der Waals surface area (Å²) in [6.45, 7) is 0. The fourth-order valence-corrected chi connectivity index (χ4v) is 2.70. The van der Waals surface area contributed by atoms with Gasteiger partial charge in [0.1, 0.15) is 0 Å². The predicted octanol–water partition coefficient (Wildman–Crippen LogP) is 4.79. The minimum Gasteiger partial charge on any atom is -0.264 e. The van der Waals surface area contributed by atoms with E-state index in [1.807, 2.05) is 48.8 Å². The molecule has 1 heteroatoms. The molecular formula is C21H13N. The molecule has 1 heterocycles. The maximum absolute atomic E-state index is 4.25. The van der Waals surface area contributed by atoms with Gasteiger partial charge >= 0.3 is 0 Å². The van der Waals surface area contributed by atoms with Crippen LogP contribution in [0.1, 0.15) is 11.1 Å². The van der Waals surface area contributed by atoms with Crippen molar-refractivity contribution in [3.8, 4) is 11.8 Å². The zero-order valence-corrected chi connectivity index (χ0v) is 12.0. The molecule has 0 aliphatic rings. The summed E-state index contributed by atoms with van der Waals surface area (Å²) in [6.07, 6.45) is 3.75. The summed E-state index contributed by atoms with van der Waals surface area (Å²) in [4.78, 5) is 4.25. The molecule has 4 aromatic rings. The molecule has 4 rings (SSSR count). The molecule has 1 aromatic heterocycles. The van der Waals surface area contributed by atoms with Gasteiger partial charge in [0.25, 0.3) is 0 Å². The van der Waals surface area contributed by atoms with E-state index in [4.69, 9.17) is 0 Å². The van der Waals surface area contributed by atoms with E-state index in [0.717, 1.165) is 11.1 Å². The Morgan fingerprint density at radius 2 is 1.55 bits per heavy atom. The van der Waals surface area contributed by atoms with Crippen LogP contribution in [0.15, 0.2) is 79.1 Å². The smallest absolute Gasteiger partial charge is 0.0352 e. The van der Waals surface area contributed by atoms with Crippen LogP contribution in [-0.2, 0) is 0 Å². The quantitative estimate of drug-likeness (QED) is 0.333. The first-order chi connectivity index (χ1) is 10.9. The molecule has 0 amide bonds. The molecule has 0 bridgehead atoms. The van der Waals surface area contributed by atoms with Crippen molar-refractivity contribution >= 4 is 21.5 Å². The molecule has 0 aliphatic heterocycles. The number of pyridine rings is 1. The Labute approximate surface area is 129 Å². The Morgan fingerprint density at radius 1 is 0.636 bits per heavy atom. The van der Waals surface area contributed by atoms with E-state index in [1.54, 1.807) is 0 Å².